The van der Waals surface area contributed by atoms with Gasteiger partial charge in [0.25, 0.3) is 0 Å². The van der Waals surface area contributed by atoms with Crippen LogP contribution < -0.4 is 10.6 Å². The summed E-state index contributed by atoms with van der Waals surface area (Å²) in [5.41, 5.74) is 0. The molecule has 0 saturated heterocycles. The Morgan fingerprint density at radius 2 is 2.43 bits per heavy atom. The Balaban J connectivity index is 2.27. The van der Waals surface area contributed by atoms with Gasteiger partial charge in [-0.3, -0.25) is 5.32 Å². The van der Waals surface area contributed by atoms with E-state index in [1.807, 2.05) is 0 Å². The van der Waals surface area contributed by atoms with Crippen LogP contribution in [0, 0.1) is 0 Å². The largest absolute Gasteiger partial charge is 0.383 e. The zero-order chi connectivity index (χ0) is 10.2. The number of hydrogen-bond donors (Lipinski definition) is 2. The lowest BCUT2D eigenvalue weighted by atomic mass is 10.5. The minimum absolute atomic E-state index is 0.277. The Labute approximate surface area is 82.5 Å². The molecule has 1 heterocycles. The number of ether oxygens (including phenoxy) is 1. The van der Waals surface area contributed by atoms with E-state index >= 15 is 0 Å². The predicted molar refractivity (Wildman–Crippen MR) is 53.1 cm³/mol. The van der Waals surface area contributed by atoms with Gasteiger partial charge in [0.2, 0.25) is 0 Å². The Hall–Kier alpha value is -1.62. The van der Waals surface area contributed by atoms with Gasteiger partial charge in [-0.1, -0.05) is 6.07 Å². The van der Waals surface area contributed by atoms with Gasteiger partial charge in [0.15, 0.2) is 0 Å². The zero-order valence-corrected chi connectivity index (χ0v) is 7.99. The highest BCUT2D eigenvalue weighted by Gasteiger charge is 1.99. The van der Waals surface area contributed by atoms with Crippen molar-refractivity contribution in [2.75, 3.05) is 25.6 Å². The lowest BCUT2D eigenvalue weighted by Gasteiger charge is -2.05. The zero-order valence-electron chi connectivity index (χ0n) is 7.99. The van der Waals surface area contributed by atoms with Crippen LogP contribution in [0.15, 0.2) is 24.4 Å². The lowest BCUT2D eigenvalue weighted by Crippen LogP contribution is -2.31. The van der Waals surface area contributed by atoms with Crippen molar-refractivity contribution >= 4 is 11.8 Å². The standard InChI is InChI=1S/C9H13N3O2/c1-14-7-6-11-9(13)12-8-4-2-3-5-10-8/h2-5H,6-7H2,1H3,(H2,10,11,12,13). The normalized spacial score (nSPS) is 9.50. The monoisotopic (exact) mass is 195 g/mol. The van der Waals surface area contributed by atoms with Crippen molar-refractivity contribution in [1.29, 1.82) is 0 Å². The van der Waals surface area contributed by atoms with Gasteiger partial charge in [0, 0.05) is 19.9 Å². The molecule has 5 nitrogen and oxygen atoms in total. The molecule has 1 aromatic rings. The molecule has 0 aliphatic carbocycles. The molecule has 0 saturated carbocycles. The summed E-state index contributed by atoms with van der Waals surface area (Å²) in [6.07, 6.45) is 1.62. The maximum absolute atomic E-state index is 11.2. The number of amides is 2. The number of nitrogens with one attached hydrogen (secondary N) is 2. The van der Waals surface area contributed by atoms with Crippen LogP contribution in [0.4, 0.5) is 10.6 Å². The van der Waals surface area contributed by atoms with Crippen LogP contribution in [-0.2, 0) is 4.74 Å². The van der Waals surface area contributed by atoms with Crippen molar-refractivity contribution in [2.45, 2.75) is 0 Å². The van der Waals surface area contributed by atoms with Crippen molar-refractivity contribution in [3.05, 3.63) is 24.4 Å². The van der Waals surface area contributed by atoms with Gasteiger partial charge in [0.1, 0.15) is 5.82 Å². The Morgan fingerprint density at radius 3 is 3.07 bits per heavy atom. The van der Waals surface area contributed by atoms with E-state index in [0.717, 1.165) is 0 Å². The van der Waals surface area contributed by atoms with E-state index in [9.17, 15) is 4.79 Å². The fourth-order valence-electron chi connectivity index (χ4n) is 0.864. The fraction of sp³-hybridized carbons (Fsp3) is 0.333. The van der Waals surface area contributed by atoms with Gasteiger partial charge in [-0.15, -0.1) is 0 Å². The first-order valence-corrected chi connectivity index (χ1v) is 4.28. The van der Waals surface area contributed by atoms with Crippen LogP contribution in [0.2, 0.25) is 0 Å². The van der Waals surface area contributed by atoms with Crippen LogP contribution in [0.5, 0.6) is 0 Å². The van der Waals surface area contributed by atoms with Crippen LogP contribution in [0.1, 0.15) is 0 Å². The van der Waals surface area contributed by atoms with Gasteiger partial charge in [-0.05, 0) is 12.1 Å². The van der Waals surface area contributed by atoms with Crippen LogP contribution in [-0.4, -0.2) is 31.3 Å². The summed E-state index contributed by atoms with van der Waals surface area (Å²) >= 11 is 0. The highest BCUT2D eigenvalue weighted by molar-refractivity contribution is 5.88. The summed E-state index contributed by atoms with van der Waals surface area (Å²) in [6, 6.07) is 5.03. The molecule has 0 atom stereocenters. The SMILES string of the molecule is COCCNC(=O)Nc1ccccn1. The summed E-state index contributed by atoms with van der Waals surface area (Å²) in [6.45, 7) is 0.977. The summed E-state index contributed by atoms with van der Waals surface area (Å²) < 4.78 is 4.78. The topological polar surface area (TPSA) is 63.2 Å². The Kier molecular flexibility index (Phi) is 4.43. The van der Waals surface area contributed by atoms with Crippen molar-refractivity contribution < 1.29 is 9.53 Å². The van der Waals surface area contributed by atoms with Crippen molar-refractivity contribution in [1.82, 2.24) is 10.3 Å². The second-order valence-corrected chi connectivity index (χ2v) is 2.59. The van der Waals surface area contributed by atoms with Gasteiger partial charge >= 0.3 is 6.03 Å². The van der Waals surface area contributed by atoms with Gasteiger partial charge in [-0.25, -0.2) is 9.78 Å². The van der Waals surface area contributed by atoms with E-state index in [-0.39, 0.29) is 6.03 Å². The average molecular weight is 195 g/mol. The molecule has 0 aliphatic heterocycles. The summed E-state index contributed by atoms with van der Waals surface area (Å²) in [5.74, 6) is 0.530. The smallest absolute Gasteiger partial charge is 0.320 e. The van der Waals surface area contributed by atoms with Crippen molar-refractivity contribution in [2.24, 2.45) is 0 Å². The number of carbonyl (C=O) groups is 1. The molecule has 0 aliphatic rings. The molecule has 0 bridgehead atoms. The highest BCUT2D eigenvalue weighted by atomic mass is 16.5. The van der Waals surface area contributed by atoms with E-state index in [2.05, 4.69) is 15.6 Å². The van der Waals surface area contributed by atoms with Gasteiger partial charge in [0.05, 0.1) is 6.61 Å². The molecule has 0 spiro atoms. The molecule has 1 rings (SSSR count). The number of aromatic nitrogens is 1. The van der Waals surface area contributed by atoms with E-state index in [4.69, 9.17) is 4.74 Å². The first kappa shape index (κ1) is 10.5. The third-order valence-corrected chi connectivity index (χ3v) is 1.50. The molecule has 0 unspecified atom stereocenters. The molecule has 0 radical (unpaired) electrons. The number of nitrogens with zero attached hydrogens (tertiary/aromatic N) is 1. The highest BCUT2D eigenvalue weighted by Crippen LogP contribution is 1.98. The molecule has 1 aromatic heterocycles. The third-order valence-electron chi connectivity index (χ3n) is 1.50. The number of urea groups is 1. The summed E-state index contributed by atoms with van der Waals surface area (Å²) in [5, 5.41) is 5.20. The van der Waals surface area contributed by atoms with Gasteiger partial charge in [-0.2, -0.15) is 0 Å². The quantitative estimate of drug-likeness (QED) is 0.700. The number of pyridine rings is 1. The van der Waals surface area contributed by atoms with E-state index in [1.165, 1.54) is 0 Å². The van der Waals surface area contributed by atoms with E-state index < -0.39 is 0 Å². The minimum atomic E-state index is -0.277. The number of hydrogen-bond acceptors (Lipinski definition) is 3. The molecule has 2 amide bonds. The molecule has 5 heteroatoms. The Bertz CT molecular complexity index is 277. The second-order valence-electron chi connectivity index (χ2n) is 2.59. The van der Waals surface area contributed by atoms with E-state index in [0.29, 0.717) is 19.0 Å². The van der Waals surface area contributed by atoms with Crippen LogP contribution >= 0.6 is 0 Å². The molecule has 0 fully saturated rings. The van der Waals surface area contributed by atoms with Crippen LogP contribution in [0.3, 0.4) is 0 Å². The molecule has 0 aromatic carbocycles. The van der Waals surface area contributed by atoms with Crippen molar-refractivity contribution in [3.63, 3.8) is 0 Å². The third kappa shape index (κ3) is 3.86. The fourth-order valence-corrected chi connectivity index (χ4v) is 0.864. The predicted octanol–water partition coefficient (Wildman–Crippen LogP) is 0.849. The first-order valence-electron chi connectivity index (χ1n) is 4.28. The number of carbonyl (C=O) groups excluding carboxylic acids is 1. The molecule has 14 heavy (non-hydrogen) atoms. The molecule has 2 N–H and O–H groups in total. The minimum Gasteiger partial charge on any atom is -0.383 e. The Morgan fingerprint density at radius 1 is 1.57 bits per heavy atom. The molecule has 76 valence electrons. The number of methoxy groups -OCH3 is 1. The lowest BCUT2D eigenvalue weighted by molar-refractivity contribution is 0.198. The maximum Gasteiger partial charge on any atom is 0.320 e. The number of anilines is 1. The molecular weight excluding hydrogens is 182 g/mol. The first-order chi connectivity index (χ1) is 6.83. The summed E-state index contributed by atoms with van der Waals surface area (Å²) in [4.78, 5) is 15.1. The average Bonchev–Trinajstić information content (AvgIpc) is 2.20. The summed E-state index contributed by atoms with van der Waals surface area (Å²) in [7, 11) is 1.58. The van der Waals surface area contributed by atoms with Gasteiger partial charge < -0.3 is 10.1 Å². The maximum atomic E-state index is 11.2. The van der Waals surface area contributed by atoms with Crippen molar-refractivity contribution in [3.8, 4) is 0 Å². The van der Waals surface area contributed by atoms with E-state index in [1.54, 1.807) is 31.5 Å². The molecular formula is C9H13N3O2. The number of rotatable bonds is 4. The van der Waals surface area contributed by atoms with Crippen LogP contribution in [0.25, 0.3) is 0 Å². The second kappa shape index (κ2) is 5.93.